The fourth-order valence-corrected chi connectivity index (χ4v) is 9.36. The van der Waals surface area contributed by atoms with E-state index in [2.05, 4.69) is 13.8 Å². The Kier molecular flexibility index (Phi) is 11.7. The van der Waals surface area contributed by atoms with E-state index in [1.807, 2.05) is 13.8 Å². The van der Waals surface area contributed by atoms with Gasteiger partial charge in [-0.25, -0.2) is 0 Å². The number of carbonyl (C=O) groups is 3. The van der Waals surface area contributed by atoms with Crippen LogP contribution in [0.1, 0.15) is 138 Å². The SMILES string of the molecule is CCCCCCCCC(=O)O[C@@H]1[C@@H](C)[C@@]2(O)[C@@H](C=C(CO)C[C@]3(O)C(=O)C(C)=C[C@@H]23)[C@H]2C(C)(C)[C@]12OC(=O)CCCCCCCC. The van der Waals surface area contributed by atoms with Crippen LogP contribution in [-0.4, -0.2) is 62.6 Å². The molecule has 4 rings (SSSR count). The van der Waals surface area contributed by atoms with Crippen molar-refractivity contribution in [1.82, 2.24) is 0 Å². The number of Topliss-reactive ketones (excluding diaryl/α,β-unsaturated/α-hetero) is 1. The number of ketones is 1. The topological polar surface area (TPSA) is 130 Å². The van der Waals surface area contributed by atoms with Gasteiger partial charge in [0.15, 0.2) is 11.4 Å². The molecule has 0 bridgehead atoms. The molecule has 8 heteroatoms. The Morgan fingerprint density at radius 3 is 1.98 bits per heavy atom. The Labute approximate surface area is 276 Å². The Morgan fingerprint density at radius 1 is 0.870 bits per heavy atom. The summed E-state index contributed by atoms with van der Waals surface area (Å²) in [5.41, 5.74) is -4.71. The van der Waals surface area contributed by atoms with Crippen molar-refractivity contribution in [3.63, 3.8) is 0 Å². The van der Waals surface area contributed by atoms with Gasteiger partial charge in [0.05, 0.1) is 12.2 Å². The van der Waals surface area contributed by atoms with Crippen molar-refractivity contribution < 1.29 is 39.2 Å². The number of ether oxygens (including phenoxy) is 2. The van der Waals surface area contributed by atoms with Gasteiger partial charge < -0.3 is 24.8 Å². The number of aliphatic hydroxyl groups excluding tert-OH is 1. The van der Waals surface area contributed by atoms with Gasteiger partial charge in [0.2, 0.25) is 0 Å². The van der Waals surface area contributed by atoms with E-state index >= 15 is 0 Å². The molecule has 0 aromatic rings. The molecule has 4 aliphatic carbocycles. The molecule has 3 N–H and O–H groups in total. The van der Waals surface area contributed by atoms with Crippen molar-refractivity contribution >= 4 is 17.7 Å². The molecule has 0 amide bonds. The zero-order valence-electron chi connectivity index (χ0n) is 29.2. The minimum Gasteiger partial charge on any atom is -0.458 e. The van der Waals surface area contributed by atoms with Gasteiger partial charge in [-0.3, -0.25) is 14.4 Å². The van der Waals surface area contributed by atoms with Crippen molar-refractivity contribution in [3.05, 3.63) is 23.3 Å². The molecule has 8 atom stereocenters. The highest BCUT2D eigenvalue weighted by Crippen LogP contribution is 2.77. The lowest BCUT2D eigenvalue weighted by molar-refractivity contribution is -0.229. The van der Waals surface area contributed by atoms with Gasteiger partial charge in [0.25, 0.3) is 0 Å². The molecule has 4 aliphatic rings. The van der Waals surface area contributed by atoms with Gasteiger partial charge in [-0.2, -0.15) is 0 Å². The van der Waals surface area contributed by atoms with E-state index in [1.54, 1.807) is 26.0 Å². The van der Waals surface area contributed by atoms with E-state index in [0.29, 0.717) is 24.0 Å². The molecule has 0 heterocycles. The molecule has 0 radical (unpaired) electrons. The summed E-state index contributed by atoms with van der Waals surface area (Å²) < 4.78 is 12.8. The van der Waals surface area contributed by atoms with Gasteiger partial charge in [-0.15, -0.1) is 0 Å². The maximum atomic E-state index is 13.5. The van der Waals surface area contributed by atoms with Gasteiger partial charge in [0.1, 0.15) is 11.7 Å². The third kappa shape index (κ3) is 6.39. The summed E-state index contributed by atoms with van der Waals surface area (Å²) in [6.45, 7) is 11.3. The summed E-state index contributed by atoms with van der Waals surface area (Å²) >= 11 is 0. The highest BCUT2D eigenvalue weighted by atomic mass is 16.6. The van der Waals surface area contributed by atoms with Crippen LogP contribution in [0.15, 0.2) is 23.3 Å². The molecule has 0 unspecified atom stereocenters. The van der Waals surface area contributed by atoms with E-state index < -0.39 is 63.7 Å². The molecule has 0 spiro atoms. The highest BCUT2D eigenvalue weighted by molar-refractivity contribution is 6.04. The minimum absolute atomic E-state index is 0.104. The van der Waals surface area contributed by atoms with Crippen molar-refractivity contribution in [3.8, 4) is 0 Å². The number of rotatable bonds is 17. The molecule has 2 saturated carbocycles. The van der Waals surface area contributed by atoms with Crippen LogP contribution in [0.5, 0.6) is 0 Å². The van der Waals surface area contributed by atoms with Gasteiger partial charge in [0, 0.05) is 48.3 Å². The van der Waals surface area contributed by atoms with Crippen molar-refractivity contribution in [2.24, 2.45) is 29.1 Å². The van der Waals surface area contributed by atoms with Crippen LogP contribution in [0, 0.1) is 29.1 Å². The number of carbonyl (C=O) groups excluding carboxylic acids is 3. The predicted octanol–water partition coefficient (Wildman–Crippen LogP) is 6.53. The summed E-state index contributed by atoms with van der Waals surface area (Å²) in [6.07, 6.45) is 15.2. The summed E-state index contributed by atoms with van der Waals surface area (Å²) in [5, 5.41) is 35.2. The lowest BCUT2D eigenvalue weighted by Crippen LogP contribution is -2.66. The summed E-state index contributed by atoms with van der Waals surface area (Å²) in [5.74, 6) is -4.12. The number of hydrogen-bond donors (Lipinski definition) is 3. The lowest BCUT2D eigenvalue weighted by atomic mass is 9.59. The lowest BCUT2D eigenvalue weighted by Gasteiger charge is -2.53. The number of aliphatic hydroxyl groups is 3. The zero-order chi connectivity index (χ0) is 33.9. The standard InChI is InChI=1S/C38H60O8/c1-7-9-11-13-15-17-19-30(40)45-34-26(4)37(44)28(22-27(24-39)23-36(43)29(37)21-25(3)33(36)42)32-35(5,6)38(32,34)46-31(41)20-18-16-14-12-10-8-2/h21-22,26,28-29,32,34,39,43-44H,7-20,23-24H2,1-6H3/t26-,28+,29-,32+,34-,36-,37-,38-/m1/s1. The number of fused-ring (bicyclic) bond motifs is 5. The van der Waals surface area contributed by atoms with Crippen LogP contribution >= 0.6 is 0 Å². The van der Waals surface area contributed by atoms with Gasteiger partial charge in [-0.1, -0.05) is 111 Å². The molecule has 46 heavy (non-hydrogen) atoms. The second-order valence-electron chi connectivity index (χ2n) is 15.4. The molecule has 2 fully saturated rings. The van der Waals surface area contributed by atoms with E-state index in [4.69, 9.17) is 9.47 Å². The van der Waals surface area contributed by atoms with Crippen molar-refractivity contribution in [2.45, 2.75) is 161 Å². The largest absolute Gasteiger partial charge is 0.458 e. The van der Waals surface area contributed by atoms with E-state index in [-0.39, 0.29) is 31.8 Å². The molecule has 0 aliphatic heterocycles. The number of unbranched alkanes of at least 4 members (excludes halogenated alkanes) is 10. The Hall–Kier alpha value is -2.03. The molecular weight excluding hydrogens is 584 g/mol. The van der Waals surface area contributed by atoms with Gasteiger partial charge >= 0.3 is 11.9 Å². The first-order chi connectivity index (χ1) is 21.8. The van der Waals surface area contributed by atoms with Crippen LogP contribution in [0.25, 0.3) is 0 Å². The zero-order valence-corrected chi connectivity index (χ0v) is 29.2. The Balaban J connectivity index is 1.67. The fraction of sp³-hybridized carbons (Fsp3) is 0.816. The predicted molar refractivity (Wildman–Crippen MR) is 177 cm³/mol. The number of hydrogen-bond acceptors (Lipinski definition) is 8. The van der Waals surface area contributed by atoms with Crippen molar-refractivity contribution in [1.29, 1.82) is 0 Å². The molecule has 0 aromatic carbocycles. The number of esters is 2. The maximum absolute atomic E-state index is 13.5. The minimum atomic E-state index is -1.93. The van der Waals surface area contributed by atoms with Crippen molar-refractivity contribution in [2.75, 3.05) is 6.61 Å². The normalized spacial score (nSPS) is 35.7. The van der Waals surface area contributed by atoms with E-state index in [9.17, 15) is 29.7 Å². The molecule has 8 nitrogen and oxygen atoms in total. The monoisotopic (exact) mass is 644 g/mol. The van der Waals surface area contributed by atoms with E-state index in [0.717, 1.165) is 51.4 Å². The summed E-state index contributed by atoms with van der Waals surface area (Å²) in [7, 11) is 0. The average molecular weight is 645 g/mol. The second kappa shape index (κ2) is 14.6. The van der Waals surface area contributed by atoms with Crippen LogP contribution in [0.2, 0.25) is 0 Å². The molecule has 0 saturated heterocycles. The Morgan fingerprint density at radius 2 is 1.41 bits per heavy atom. The second-order valence-corrected chi connectivity index (χ2v) is 15.4. The van der Waals surface area contributed by atoms with Crippen LogP contribution in [0.4, 0.5) is 0 Å². The average Bonchev–Trinajstić information content (AvgIpc) is 3.44. The third-order valence-electron chi connectivity index (χ3n) is 12.0. The smallest absolute Gasteiger partial charge is 0.306 e. The quantitative estimate of drug-likeness (QED) is 0.0926. The molecule has 260 valence electrons. The van der Waals surface area contributed by atoms with E-state index in [1.165, 1.54) is 12.8 Å². The summed E-state index contributed by atoms with van der Waals surface area (Å²) in [4.78, 5) is 40.4. The molecule has 0 aromatic heterocycles. The highest BCUT2D eigenvalue weighted by Gasteiger charge is 2.87. The third-order valence-corrected chi connectivity index (χ3v) is 12.0. The fourth-order valence-electron chi connectivity index (χ4n) is 9.36. The van der Waals surface area contributed by atoms with Gasteiger partial charge in [-0.05, 0) is 30.9 Å². The first-order valence-electron chi connectivity index (χ1n) is 18.2. The van der Waals surface area contributed by atoms with Crippen LogP contribution in [-0.2, 0) is 23.9 Å². The first-order valence-corrected chi connectivity index (χ1v) is 18.2. The van der Waals surface area contributed by atoms with Crippen LogP contribution < -0.4 is 0 Å². The molecular formula is C38H60O8. The Bertz CT molecular complexity index is 1190. The first kappa shape index (κ1) is 36.8. The summed E-state index contributed by atoms with van der Waals surface area (Å²) in [6, 6.07) is 0. The van der Waals surface area contributed by atoms with Crippen LogP contribution in [0.3, 0.4) is 0 Å². The maximum Gasteiger partial charge on any atom is 0.306 e.